The van der Waals surface area contributed by atoms with E-state index in [2.05, 4.69) is 0 Å². The first-order valence-electron chi connectivity index (χ1n) is 7.22. The minimum Gasteiger partial charge on any atom is -0.375 e. The van der Waals surface area contributed by atoms with Crippen LogP contribution in [0.4, 0.5) is 4.39 Å². The lowest BCUT2D eigenvalue weighted by molar-refractivity contribution is -0.133. The predicted molar refractivity (Wildman–Crippen MR) is 75.9 cm³/mol. The Bertz CT molecular complexity index is 436. The maximum absolute atomic E-state index is 12.8. The van der Waals surface area contributed by atoms with Gasteiger partial charge in [0.1, 0.15) is 5.82 Å². The van der Waals surface area contributed by atoms with E-state index in [4.69, 9.17) is 4.74 Å². The zero-order valence-electron chi connectivity index (χ0n) is 12.1. The highest BCUT2D eigenvalue weighted by atomic mass is 19.1. The highest BCUT2D eigenvalue weighted by molar-refractivity contribution is 5.78. The molecule has 1 amide bonds. The van der Waals surface area contributed by atoms with Crippen LogP contribution in [0, 0.1) is 5.82 Å². The van der Waals surface area contributed by atoms with Gasteiger partial charge < -0.3 is 9.64 Å². The van der Waals surface area contributed by atoms with Crippen molar-refractivity contribution in [1.29, 1.82) is 0 Å². The number of halogens is 1. The number of likely N-dealkylation sites (tertiary alicyclic amines) is 1. The number of hydrogen-bond acceptors (Lipinski definition) is 2. The lowest BCUT2D eigenvalue weighted by Crippen LogP contribution is -2.42. The lowest BCUT2D eigenvalue weighted by Gasteiger charge is -2.33. The molecule has 1 aliphatic rings. The molecule has 0 N–H and O–H groups in total. The zero-order valence-corrected chi connectivity index (χ0v) is 12.1. The second-order valence-corrected chi connectivity index (χ2v) is 5.57. The summed E-state index contributed by atoms with van der Waals surface area (Å²) in [7, 11) is 0. The number of carbonyl (C=O) groups excluding carboxylic acids is 1. The molecule has 1 aromatic rings. The number of nitrogens with zero attached hydrogens (tertiary/aromatic N) is 1. The number of hydrogen-bond donors (Lipinski definition) is 0. The number of piperidine rings is 1. The summed E-state index contributed by atoms with van der Waals surface area (Å²) in [5.41, 5.74) is 0.858. The van der Waals surface area contributed by atoms with Crippen LogP contribution in [0.2, 0.25) is 0 Å². The van der Waals surface area contributed by atoms with Gasteiger partial charge >= 0.3 is 0 Å². The van der Waals surface area contributed by atoms with Crippen molar-refractivity contribution in [1.82, 2.24) is 4.90 Å². The van der Waals surface area contributed by atoms with Crippen LogP contribution in [0.15, 0.2) is 24.3 Å². The molecule has 20 heavy (non-hydrogen) atoms. The molecule has 110 valence electrons. The number of benzene rings is 1. The number of carbonyl (C=O) groups is 1. The van der Waals surface area contributed by atoms with Gasteiger partial charge in [0.25, 0.3) is 0 Å². The molecular weight excluding hydrogens is 257 g/mol. The Labute approximate surface area is 119 Å². The van der Waals surface area contributed by atoms with Crippen LogP contribution in [0.1, 0.15) is 32.3 Å². The van der Waals surface area contributed by atoms with Crippen molar-refractivity contribution in [2.24, 2.45) is 0 Å². The maximum Gasteiger partial charge on any atom is 0.226 e. The molecule has 1 aromatic carbocycles. The molecule has 2 rings (SSSR count). The predicted octanol–water partition coefficient (Wildman–Crippen LogP) is 2.78. The van der Waals surface area contributed by atoms with Gasteiger partial charge in [-0.25, -0.2) is 4.39 Å². The molecule has 0 unspecified atom stereocenters. The molecule has 0 aromatic heterocycles. The third-order valence-electron chi connectivity index (χ3n) is 3.53. The van der Waals surface area contributed by atoms with Crippen LogP contribution in [0.5, 0.6) is 0 Å². The summed E-state index contributed by atoms with van der Waals surface area (Å²) in [4.78, 5) is 14.1. The van der Waals surface area contributed by atoms with Gasteiger partial charge in [-0.1, -0.05) is 12.1 Å². The van der Waals surface area contributed by atoms with E-state index in [9.17, 15) is 9.18 Å². The van der Waals surface area contributed by atoms with Crippen LogP contribution in [-0.2, 0) is 16.0 Å². The monoisotopic (exact) mass is 279 g/mol. The van der Waals surface area contributed by atoms with Gasteiger partial charge in [-0.05, 0) is 44.4 Å². The van der Waals surface area contributed by atoms with Gasteiger partial charge in [0.2, 0.25) is 5.91 Å². The summed E-state index contributed by atoms with van der Waals surface area (Å²) < 4.78 is 18.6. The van der Waals surface area contributed by atoms with E-state index in [-0.39, 0.29) is 23.9 Å². The van der Waals surface area contributed by atoms with E-state index in [1.165, 1.54) is 12.1 Å². The van der Waals surface area contributed by atoms with Crippen molar-refractivity contribution in [2.75, 3.05) is 13.1 Å². The van der Waals surface area contributed by atoms with E-state index < -0.39 is 0 Å². The Morgan fingerprint density at radius 3 is 2.45 bits per heavy atom. The molecular formula is C16H22FNO2. The molecule has 1 fully saturated rings. The zero-order chi connectivity index (χ0) is 14.5. The molecule has 0 spiro atoms. The summed E-state index contributed by atoms with van der Waals surface area (Å²) in [5, 5.41) is 0. The number of ether oxygens (including phenoxy) is 1. The standard InChI is InChI=1S/C16H22FNO2/c1-12(2)20-15-7-9-18(10-8-15)16(19)11-13-3-5-14(17)6-4-13/h3-6,12,15H,7-11H2,1-2H3. The Balaban J connectivity index is 1.81. The van der Waals surface area contributed by atoms with Crippen LogP contribution < -0.4 is 0 Å². The van der Waals surface area contributed by atoms with E-state index in [0.29, 0.717) is 6.42 Å². The van der Waals surface area contributed by atoms with Crippen molar-refractivity contribution in [3.05, 3.63) is 35.6 Å². The van der Waals surface area contributed by atoms with Crippen molar-refractivity contribution in [3.63, 3.8) is 0 Å². The van der Waals surface area contributed by atoms with Crippen LogP contribution >= 0.6 is 0 Å². The average molecular weight is 279 g/mol. The molecule has 3 nitrogen and oxygen atoms in total. The summed E-state index contributed by atoms with van der Waals surface area (Å²) >= 11 is 0. The molecule has 0 saturated carbocycles. The van der Waals surface area contributed by atoms with Crippen molar-refractivity contribution in [3.8, 4) is 0 Å². The average Bonchev–Trinajstić information content (AvgIpc) is 2.41. The van der Waals surface area contributed by atoms with Crippen molar-refractivity contribution < 1.29 is 13.9 Å². The van der Waals surface area contributed by atoms with Crippen LogP contribution in [0.25, 0.3) is 0 Å². The number of rotatable bonds is 4. The minimum absolute atomic E-state index is 0.111. The first-order valence-corrected chi connectivity index (χ1v) is 7.22. The first kappa shape index (κ1) is 15.0. The fourth-order valence-electron chi connectivity index (χ4n) is 2.51. The van der Waals surface area contributed by atoms with Gasteiger partial charge in [0, 0.05) is 13.1 Å². The summed E-state index contributed by atoms with van der Waals surface area (Å²) in [6, 6.07) is 6.13. The Morgan fingerprint density at radius 1 is 1.30 bits per heavy atom. The Hall–Kier alpha value is -1.42. The van der Waals surface area contributed by atoms with Crippen LogP contribution in [0.3, 0.4) is 0 Å². The highest BCUT2D eigenvalue weighted by Crippen LogP contribution is 2.16. The summed E-state index contributed by atoms with van der Waals surface area (Å²) in [6.07, 6.45) is 2.64. The fraction of sp³-hybridized carbons (Fsp3) is 0.562. The molecule has 0 atom stereocenters. The molecule has 1 saturated heterocycles. The van der Waals surface area contributed by atoms with Gasteiger partial charge in [0.05, 0.1) is 18.6 Å². The fourth-order valence-corrected chi connectivity index (χ4v) is 2.51. The molecule has 4 heteroatoms. The number of amides is 1. The smallest absolute Gasteiger partial charge is 0.226 e. The topological polar surface area (TPSA) is 29.5 Å². The Kier molecular flexibility index (Phi) is 5.12. The van der Waals surface area contributed by atoms with E-state index in [0.717, 1.165) is 31.5 Å². The van der Waals surface area contributed by atoms with Crippen LogP contribution in [-0.4, -0.2) is 36.1 Å². The second kappa shape index (κ2) is 6.84. The third kappa shape index (κ3) is 4.30. The second-order valence-electron chi connectivity index (χ2n) is 5.57. The van der Waals surface area contributed by atoms with Gasteiger partial charge in [-0.15, -0.1) is 0 Å². The molecule has 1 heterocycles. The minimum atomic E-state index is -0.271. The van der Waals surface area contributed by atoms with E-state index in [1.54, 1.807) is 12.1 Å². The highest BCUT2D eigenvalue weighted by Gasteiger charge is 2.23. The maximum atomic E-state index is 12.8. The third-order valence-corrected chi connectivity index (χ3v) is 3.53. The SMILES string of the molecule is CC(C)OC1CCN(C(=O)Cc2ccc(F)cc2)CC1. The van der Waals surface area contributed by atoms with Crippen molar-refractivity contribution >= 4 is 5.91 Å². The first-order chi connectivity index (χ1) is 9.54. The normalized spacial score (nSPS) is 16.7. The van der Waals surface area contributed by atoms with Crippen molar-refractivity contribution in [2.45, 2.75) is 45.3 Å². The van der Waals surface area contributed by atoms with E-state index in [1.807, 2.05) is 18.7 Å². The van der Waals surface area contributed by atoms with Gasteiger partial charge in [0.15, 0.2) is 0 Å². The largest absolute Gasteiger partial charge is 0.375 e. The molecule has 0 aliphatic carbocycles. The summed E-state index contributed by atoms with van der Waals surface area (Å²) in [5.74, 6) is -0.160. The summed E-state index contributed by atoms with van der Waals surface area (Å²) in [6.45, 7) is 5.56. The van der Waals surface area contributed by atoms with Gasteiger partial charge in [-0.3, -0.25) is 4.79 Å². The lowest BCUT2D eigenvalue weighted by atomic mass is 10.1. The molecule has 1 aliphatic heterocycles. The Morgan fingerprint density at radius 2 is 1.90 bits per heavy atom. The van der Waals surface area contributed by atoms with Gasteiger partial charge in [-0.2, -0.15) is 0 Å². The molecule has 0 bridgehead atoms. The molecule has 0 radical (unpaired) electrons. The van der Waals surface area contributed by atoms with E-state index >= 15 is 0 Å². The quantitative estimate of drug-likeness (QED) is 0.848.